The van der Waals surface area contributed by atoms with Crippen LogP contribution < -0.4 is 4.74 Å². The molecule has 2 aromatic rings. The second-order valence-corrected chi connectivity index (χ2v) is 3.62. The standard InChI is InChI=1S/C13H11ClO/c1-15-11-7-8-12(13(14)9-11)10-5-3-2-4-6-10/h2-9H,1H3. The van der Waals surface area contributed by atoms with Crippen molar-refractivity contribution in [2.45, 2.75) is 0 Å². The summed E-state index contributed by atoms with van der Waals surface area (Å²) in [6.07, 6.45) is 0. The Morgan fingerprint density at radius 3 is 2.33 bits per heavy atom. The minimum Gasteiger partial charge on any atom is -0.497 e. The lowest BCUT2D eigenvalue weighted by Crippen LogP contribution is -1.84. The van der Waals surface area contributed by atoms with Crippen molar-refractivity contribution >= 4 is 11.6 Å². The van der Waals surface area contributed by atoms with Gasteiger partial charge in [0, 0.05) is 5.56 Å². The van der Waals surface area contributed by atoms with E-state index in [1.165, 1.54) is 0 Å². The van der Waals surface area contributed by atoms with E-state index >= 15 is 0 Å². The fraction of sp³-hybridized carbons (Fsp3) is 0.0769. The zero-order valence-corrected chi connectivity index (χ0v) is 9.16. The van der Waals surface area contributed by atoms with Gasteiger partial charge in [-0.25, -0.2) is 0 Å². The van der Waals surface area contributed by atoms with Crippen LogP contribution in [0.1, 0.15) is 0 Å². The fourth-order valence-corrected chi connectivity index (χ4v) is 1.75. The second-order valence-electron chi connectivity index (χ2n) is 3.21. The Bertz CT molecular complexity index is 451. The van der Waals surface area contributed by atoms with Gasteiger partial charge in [0.25, 0.3) is 0 Å². The Kier molecular flexibility index (Phi) is 2.93. The zero-order chi connectivity index (χ0) is 10.7. The van der Waals surface area contributed by atoms with Crippen LogP contribution in [0.5, 0.6) is 5.75 Å². The summed E-state index contributed by atoms with van der Waals surface area (Å²) in [4.78, 5) is 0. The van der Waals surface area contributed by atoms with Gasteiger partial charge in [-0.15, -0.1) is 0 Å². The second kappa shape index (κ2) is 4.37. The van der Waals surface area contributed by atoms with Crippen LogP contribution in [0.3, 0.4) is 0 Å². The van der Waals surface area contributed by atoms with Crippen molar-refractivity contribution in [3.05, 3.63) is 53.6 Å². The van der Waals surface area contributed by atoms with Gasteiger partial charge in [0.15, 0.2) is 0 Å². The fourth-order valence-electron chi connectivity index (χ4n) is 1.47. The van der Waals surface area contributed by atoms with E-state index in [2.05, 4.69) is 0 Å². The summed E-state index contributed by atoms with van der Waals surface area (Å²) in [7, 11) is 1.63. The van der Waals surface area contributed by atoms with Gasteiger partial charge >= 0.3 is 0 Å². The Hall–Kier alpha value is -1.47. The number of benzene rings is 2. The Morgan fingerprint density at radius 1 is 1.00 bits per heavy atom. The molecule has 2 heteroatoms. The lowest BCUT2D eigenvalue weighted by atomic mass is 10.1. The average molecular weight is 219 g/mol. The summed E-state index contributed by atoms with van der Waals surface area (Å²) in [5, 5.41) is 0.709. The minimum absolute atomic E-state index is 0.709. The highest BCUT2D eigenvalue weighted by atomic mass is 35.5. The zero-order valence-electron chi connectivity index (χ0n) is 8.41. The molecule has 0 bridgehead atoms. The van der Waals surface area contributed by atoms with Gasteiger partial charge in [-0.05, 0) is 23.8 Å². The van der Waals surface area contributed by atoms with Crippen molar-refractivity contribution in [3.8, 4) is 16.9 Å². The average Bonchev–Trinajstić information content (AvgIpc) is 2.30. The van der Waals surface area contributed by atoms with Gasteiger partial charge in [-0.2, -0.15) is 0 Å². The van der Waals surface area contributed by atoms with Gasteiger partial charge in [0.05, 0.1) is 12.1 Å². The first-order valence-corrected chi connectivity index (χ1v) is 5.08. The van der Waals surface area contributed by atoms with Crippen LogP contribution in [0.4, 0.5) is 0 Å². The van der Waals surface area contributed by atoms with Crippen LogP contribution >= 0.6 is 11.6 Å². The normalized spacial score (nSPS) is 10.0. The summed E-state index contributed by atoms with van der Waals surface area (Å²) < 4.78 is 5.10. The smallest absolute Gasteiger partial charge is 0.120 e. The molecular weight excluding hydrogens is 208 g/mol. The molecule has 0 saturated carbocycles. The van der Waals surface area contributed by atoms with E-state index < -0.39 is 0 Å². The third-order valence-electron chi connectivity index (χ3n) is 2.26. The molecule has 0 saturated heterocycles. The van der Waals surface area contributed by atoms with Crippen molar-refractivity contribution in [2.75, 3.05) is 7.11 Å². The van der Waals surface area contributed by atoms with Gasteiger partial charge in [0.2, 0.25) is 0 Å². The van der Waals surface area contributed by atoms with Crippen LogP contribution in [0.25, 0.3) is 11.1 Å². The van der Waals surface area contributed by atoms with Crippen LogP contribution in [-0.4, -0.2) is 7.11 Å². The molecule has 0 heterocycles. The molecule has 1 nitrogen and oxygen atoms in total. The molecule has 0 radical (unpaired) electrons. The molecule has 0 atom stereocenters. The maximum atomic E-state index is 6.16. The maximum Gasteiger partial charge on any atom is 0.120 e. The van der Waals surface area contributed by atoms with Crippen molar-refractivity contribution in [3.63, 3.8) is 0 Å². The Morgan fingerprint density at radius 2 is 1.73 bits per heavy atom. The topological polar surface area (TPSA) is 9.23 Å². The highest BCUT2D eigenvalue weighted by Crippen LogP contribution is 2.30. The Labute approximate surface area is 94.3 Å². The van der Waals surface area contributed by atoms with E-state index in [0.717, 1.165) is 16.9 Å². The van der Waals surface area contributed by atoms with Crippen LogP contribution in [-0.2, 0) is 0 Å². The SMILES string of the molecule is COc1ccc(-c2ccccc2)c(Cl)c1. The molecule has 76 valence electrons. The Balaban J connectivity index is 2.46. The molecule has 0 aliphatic heterocycles. The van der Waals surface area contributed by atoms with E-state index in [-0.39, 0.29) is 0 Å². The number of hydrogen-bond acceptors (Lipinski definition) is 1. The molecule has 0 unspecified atom stereocenters. The molecule has 0 N–H and O–H groups in total. The van der Waals surface area contributed by atoms with Crippen molar-refractivity contribution < 1.29 is 4.74 Å². The highest BCUT2D eigenvalue weighted by molar-refractivity contribution is 6.33. The largest absolute Gasteiger partial charge is 0.497 e. The van der Waals surface area contributed by atoms with Crippen LogP contribution in [0.2, 0.25) is 5.02 Å². The van der Waals surface area contributed by atoms with E-state index in [4.69, 9.17) is 16.3 Å². The molecule has 15 heavy (non-hydrogen) atoms. The third kappa shape index (κ3) is 2.13. The van der Waals surface area contributed by atoms with Gasteiger partial charge in [-0.3, -0.25) is 0 Å². The lowest BCUT2D eigenvalue weighted by Gasteiger charge is -2.06. The number of rotatable bonds is 2. The summed E-state index contributed by atoms with van der Waals surface area (Å²) >= 11 is 6.16. The molecule has 2 aromatic carbocycles. The molecule has 2 rings (SSSR count). The summed E-state index contributed by atoms with van der Waals surface area (Å²) in [6.45, 7) is 0. The quantitative estimate of drug-likeness (QED) is 0.740. The van der Waals surface area contributed by atoms with E-state index in [9.17, 15) is 0 Å². The summed E-state index contributed by atoms with van der Waals surface area (Å²) in [6, 6.07) is 15.8. The highest BCUT2D eigenvalue weighted by Gasteiger charge is 2.03. The summed E-state index contributed by atoms with van der Waals surface area (Å²) in [5.74, 6) is 0.777. The van der Waals surface area contributed by atoms with Gasteiger partial charge in [-0.1, -0.05) is 41.9 Å². The third-order valence-corrected chi connectivity index (χ3v) is 2.57. The number of ether oxygens (including phenoxy) is 1. The van der Waals surface area contributed by atoms with Crippen molar-refractivity contribution in [1.29, 1.82) is 0 Å². The summed E-state index contributed by atoms with van der Waals surface area (Å²) in [5.41, 5.74) is 2.14. The molecule has 0 amide bonds. The monoisotopic (exact) mass is 218 g/mol. The molecule has 0 fully saturated rings. The molecule has 0 aliphatic rings. The van der Waals surface area contributed by atoms with Crippen LogP contribution in [0, 0.1) is 0 Å². The first-order chi connectivity index (χ1) is 7.31. The lowest BCUT2D eigenvalue weighted by molar-refractivity contribution is 0.415. The molecule has 0 aromatic heterocycles. The van der Waals surface area contributed by atoms with Crippen LogP contribution in [0.15, 0.2) is 48.5 Å². The number of hydrogen-bond donors (Lipinski definition) is 0. The van der Waals surface area contributed by atoms with Gasteiger partial charge in [0.1, 0.15) is 5.75 Å². The minimum atomic E-state index is 0.709. The predicted octanol–water partition coefficient (Wildman–Crippen LogP) is 4.02. The molecule has 0 aliphatic carbocycles. The first-order valence-electron chi connectivity index (χ1n) is 4.70. The molecule has 0 spiro atoms. The van der Waals surface area contributed by atoms with Gasteiger partial charge < -0.3 is 4.74 Å². The first kappa shape index (κ1) is 10.1. The molecular formula is C13H11ClO. The van der Waals surface area contributed by atoms with E-state index in [1.54, 1.807) is 7.11 Å². The van der Waals surface area contributed by atoms with E-state index in [1.807, 2.05) is 48.5 Å². The number of halogens is 1. The van der Waals surface area contributed by atoms with Crippen molar-refractivity contribution in [1.82, 2.24) is 0 Å². The van der Waals surface area contributed by atoms with E-state index in [0.29, 0.717) is 5.02 Å². The number of methoxy groups -OCH3 is 1. The van der Waals surface area contributed by atoms with Crippen molar-refractivity contribution in [2.24, 2.45) is 0 Å². The predicted molar refractivity (Wildman–Crippen MR) is 63.4 cm³/mol. The maximum absolute atomic E-state index is 6.16.